The highest BCUT2D eigenvalue weighted by molar-refractivity contribution is 5.84. The number of nitrogens with zero attached hydrogens (tertiary/aromatic N) is 1. The molecule has 3 N–H and O–H groups in total. The minimum absolute atomic E-state index is 0.124. The Morgan fingerprint density at radius 1 is 1.50 bits per heavy atom. The van der Waals surface area contributed by atoms with Gasteiger partial charge in [-0.2, -0.15) is 0 Å². The minimum Gasteiger partial charge on any atom is -0.475 e. The Bertz CT molecular complexity index is 456. The van der Waals surface area contributed by atoms with Gasteiger partial charge >= 0.3 is 12.0 Å². The fourth-order valence-corrected chi connectivity index (χ4v) is 1.79. The van der Waals surface area contributed by atoms with E-state index in [-0.39, 0.29) is 18.3 Å². The molecule has 2 amide bonds. The van der Waals surface area contributed by atoms with E-state index in [1.807, 2.05) is 0 Å². The molecule has 18 heavy (non-hydrogen) atoms. The largest absolute Gasteiger partial charge is 0.475 e. The Balaban J connectivity index is 1.83. The van der Waals surface area contributed by atoms with Gasteiger partial charge in [0.1, 0.15) is 5.76 Å². The summed E-state index contributed by atoms with van der Waals surface area (Å²) in [6.07, 6.45) is 0.120. The van der Waals surface area contributed by atoms with E-state index in [9.17, 15) is 14.7 Å². The molecule has 1 aliphatic rings. The molecule has 1 fully saturated rings. The fraction of sp³-hybridized carbons (Fsp3) is 0.455. The molecule has 1 aromatic heterocycles. The van der Waals surface area contributed by atoms with E-state index in [1.165, 1.54) is 17.0 Å². The average Bonchev–Trinajstić information content (AvgIpc) is 2.94. The van der Waals surface area contributed by atoms with Crippen molar-refractivity contribution in [2.24, 2.45) is 0 Å². The van der Waals surface area contributed by atoms with Crippen LogP contribution in [0.2, 0.25) is 0 Å². The summed E-state index contributed by atoms with van der Waals surface area (Å²) < 4.78 is 5.00. The van der Waals surface area contributed by atoms with Crippen LogP contribution in [0.4, 0.5) is 4.79 Å². The highest BCUT2D eigenvalue weighted by Gasteiger charge is 2.24. The number of carbonyl (C=O) groups excluding carboxylic acids is 1. The first-order valence-corrected chi connectivity index (χ1v) is 5.59. The van der Waals surface area contributed by atoms with Crippen LogP contribution in [-0.4, -0.2) is 46.3 Å². The summed E-state index contributed by atoms with van der Waals surface area (Å²) in [7, 11) is 0. The van der Waals surface area contributed by atoms with E-state index in [2.05, 4.69) is 5.32 Å². The monoisotopic (exact) mass is 254 g/mol. The SMILES string of the molecule is O=C(O)c1ccc(CNC(=O)N2CCC(O)C2)o1. The summed E-state index contributed by atoms with van der Waals surface area (Å²) in [5, 5.41) is 20.6. The number of rotatable bonds is 3. The molecule has 0 saturated carbocycles. The first-order chi connectivity index (χ1) is 8.56. The van der Waals surface area contributed by atoms with Crippen LogP contribution in [0.5, 0.6) is 0 Å². The van der Waals surface area contributed by atoms with Gasteiger partial charge in [-0.25, -0.2) is 9.59 Å². The number of nitrogens with one attached hydrogen (secondary N) is 1. The quantitative estimate of drug-likeness (QED) is 0.717. The molecule has 1 saturated heterocycles. The maximum Gasteiger partial charge on any atom is 0.371 e. The van der Waals surface area contributed by atoms with Crippen molar-refractivity contribution in [3.63, 3.8) is 0 Å². The number of β-amino-alcohol motifs (C(OH)–C–C–N with tert-alkyl or cyclic N) is 1. The molecule has 7 nitrogen and oxygen atoms in total. The van der Waals surface area contributed by atoms with E-state index in [1.54, 1.807) is 0 Å². The van der Waals surface area contributed by atoms with Crippen LogP contribution in [0.1, 0.15) is 22.7 Å². The van der Waals surface area contributed by atoms with Crippen molar-refractivity contribution in [3.05, 3.63) is 23.7 Å². The molecule has 7 heteroatoms. The molecule has 0 spiro atoms. The Kier molecular flexibility index (Phi) is 3.52. The zero-order chi connectivity index (χ0) is 13.1. The molecule has 0 bridgehead atoms. The molecule has 1 aliphatic heterocycles. The average molecular weight is 254 g/mol. The molecule has 2 heterocycles. The fourth-order valence-electron chi connectivity index (χ4n) is 1.79. The summed E-state index contributed by atoms with van der Waals surface area (Å²) in [5.74, 6) is -0.924. The van der Waals surface area contributed by atoms with Crippen molar-refractivity contribution < 1.29 is 24.2 Å². The molecule has 2 rings (SSSR count). The number of urea groups is 1. The second-order valence-electron chi connectivity index (χ2n) is 4.12. The van der Waals surface area contributed by atoms with Gasteiger partial charge in [0.25, 0.3) is 0 Å². The zero-order valence-corrected chi connectivity index (χ0v) is 9.63. The predicted octanol–water partition coefficient (Wildman–Crippen LogP) is 0.254. The van der Waals surface area contributed by atoms with Crippen molar-refractivity contribution in [2.45, 2.75) is 19.1 Å². The Hall–Kier alpha value is -2.02. The van der Waals surface area contributed by atoms with E-state index in [4.69, 9.17) is 9.52 Å². The van der Waals surface area contributed by atoms with Gasteiger partial charge in [-0.1, -0.05) is 0 Å². The van der Waals surface area contributed by atoms with Crippen molar-refractivity contribution >= 4 is 12.0 Å². The van der Waals surface area contributed by atoms with E-state index in [0.717, 1.165) is 0 Å². The number of carboxylic acids is 1. The van der Waals surface area contributed by atoms with E-state index < -0.39 is 12.1 Å². The number of hydrogen-bond donors (Lipinski definition) is 3. The summed E-state index contributed by atoms with van der Waals surface area (Å²) >= 11 is 0. The van der Waals surface area contributed by atoms with Crippen molar-refractivity contribution in [1.82, 2.24) is 10.2 Å². The van der Waals surface area contributed by atoms with Crippen molar-refractivity contribution in [1.29, 1.82) is 0 Å². The van der Waals surface area contributed by atoms with Crippen LogP contribution >= 0.6 is 0 Å². The minimum atomic E-state index is -1.14. The number of aliphatic hydroxyl groups excluding tert-OH is 1. The molecule has 1 atom stereocenters. The second kappa shape index (κ2) is 5.09. The first-order valence-electron chi connectivity index (χ1n) is 5.59. The number of carbonyl (C=O) groups is 2. The predicted molar refractivity (Wildman–Crippen MR) is 60.1 cm³/mol. The number of furan rings is 1. The normalized spacial score (nSPS) is 18.9. The van der Waals surface area contributed by atoms with E-state index >= 15 is 0 Å². The first kappa shape index (κ1) is 12.4. The van der Waals surface area contributed by atoms with Crippen LogP contribution in [0, 0.1) is 0 Å². The summed E-state index contributed by atoms with van der Waals surface area (Å²) in [6.45, 7) is 0.967. The van der Waals surface area contributed by atoms with Gasteiger partial charge < -0.3 is 24.8 Å². The van der Waals surface area contributed by atoms with Crippen LogP contribution in [0.3, 0.4) is 0 Å². The molecule has 0 radical (unpaired) electrons. The van der Waals surface area contributed by atoms with Crippen molar-refractivity contribution in [3.8, 4) is 0 Å². The molecular formula is C11H14N2O5. The van der Waals surface area contributed by atoms with Gasteiger partial charge in [-0.15, -0.1) is 0 Å². The smallest absolute Gasteiger partial charge is 0.371 e. The lowest BCUT2D eigenvalue weighted by Gasteiger charge is -2.15. The highest BCUT2D eigenvalue weighted by atomic mass is 16.4. The Morgan fingerprint density at radius 3 is 2.83 bits per heavy atom. The third kappa shape index (κ3) is 2.80. The summed E-state index contributed by atoms with van der Waals surface area (Å²) in [5.41, 5.74) is 0. The van der Waals surface area contributed by atoms with Crippen molar-refractivity contribution in [2.75, 3.05) is 13.1 Å². The molecular weight excluding hydrogens is 240 g/mol. The third-order valence-electron chi connectivity index (χ3n) is 2.74. The van der Waals surface area contributed by atoms with Gasteiger partial charge in [-0.3, -0.25) is 0 Å². The number of likely N-dealkylation sites (tertiary alicyclic amines) is 1. The van der Waals surface area contributed by atoms with E-state index in [0.29, 0.717) is 25.3 Å². The lowest BCUT2D eigenvalue weighted by Crippen LogP contribution is -2.38. The Morgan fingerprint density at radius 2 is 2.28 bits per heavy atom. The standard InChI is InChI=1S/C11H14N2O5/c14-7-3-4-13(6-7)11(17)12-5-8-1-2-9(18-8)10(15)16/h1-2,7,14H,3-6H2,(H,12,17)(H,15,16). The van der Waals surface area contributed by atoms with Crippen LogP contribution < -0.4 is 5.32 Å². The van der Waals surface area contributed by atoms with Crippen LogP contribution in [0.15, 0.2) is 16.5 Å². The number of hydrogen-bond acceptors (Lipinski definition) is 4. The van der Waals surface area contributed by atoms with Crippen LogP contribution in [-0.2, 0) is 6.54 Å². The number of aromatic carboxylic acids is 1. The molecule has 0 aliphatic carbocycles. The molecule has 1 unspecified atom stereocenters. The maximum absolute atomic E-state index is 11.7. The zero-order valence-electron chi connectivity index (χ0n) is 9.63. The lowest BCUT2D eigenvalue weighted by molar-refractivity contribution is 0.0660. The topological polar surface area (TPSA) is 103 Å². The van der Waals surface area contributed by atoms with Crippen LogP contribution in [0.25, 0.3) is 0 Å². The molecule has 1 aromatic rings. The summed E-state index contributed by atoms with van der Waals surface area (Å²) in [4.78, 5) is 23.7. The van der Waals surface area contributed by atoms with Gasteiger partial charge in [0.05, 0.1) is 12.6 Å². The Labute approximate surface area is 103 Å². The number of carboxylic acid groups (broad SMARTS) is 1. The number of amides is 2. The maximum atomic E-state index is 11.7. The second-order valence-corrected chi connectivity index (χ2v) is 4.12. The third-order valence-corrected chi connectivity index (χ3v) is 2.74. The summed E-state index contributed by atoms with van der Waals surface area (Å²) in [6, 6.07) is 2.55. The van der Waals surface area contributed by atoms with Gasteiger partial charge in [0, 0.05) is 13.1 Å². The van der Waals surface area contributed by atoms with Gasteiger partial charge in [-0.05, 0) is 18.6 Å². The lowest BCUT2D eigenvalue weighted by atomic mass is 10.3. The number of aliphatic hydroxyl groups is 1. The van der Waals surface area contributed by atoms with Gasteiger partial charge in [0.2, 0.25) is 5.76 Å². The van der Waals surface area contributed by atoms with Gasteiger partial charge in [0.15, 0.2) is 0 Å². The molecule has 98 valence electrons. The highest BCUT2D eigenvalue weighted by Crippen LogP contribution is 2.10. The molecule has 0 aromatic carbocycles.